The van der Waals surface area contributed by atoms with Crippen LogP contribution >= 0.6 is 23.2 Å². The van der Waals surface area contributed by atoms with Crippen molar-refractivity contribution in [3.63, 3.8) is 0 Å². The number of fused-ring (bicyclic) bond motifs is 1. The molecule has 0 N–H and O–H groups in total. The maximum absolute atomic E-state index is 13.2. The molecule has 1 amide bonds. The third-order valence-corrected chi connectivity index (χ3v) is 5.01. The number of hydrogen-bond acceptors (Lipinski definition) is 4. The fraction of sp³-hybridized carbons (Fsp3) is 0.150. The second kappa shape index (κ2) is 7.30. The third-order valence-electron chi connectivity index (χ3n) is 4.57. The molecule has 0 radical (unpaired) electrons. The van der Waals surface area contributed by atoms with E-state index in [1.165, 1.54) is 12.0 Å². The molecule has 0 unspecified atom stereocenters. The minimum Gasteiger partial charge on any atom is -0.465 e. The zero-order valence-corrected chi connectivity index (χ0v) is 16.3. The van der Waals surface area contributed by atoms with Gasteiger partial charge in [0.05, 0.1) is 18.4 Å². The smallest absolute Gasteiger partial charge is 0.337 e. The lowest BCUT2D eigenvalue weighted by Gasteiger charge is -2.16. The molecule has 28 heavy (non-hydrogen) atoms. The predicted molar refractivity (Wildman–Crippen MR) is 106 cm³/mol. The summed E-state index contributed by atoms with van der Waals surface area (Å²) in [6.07, 6.45) is 3.80. The van der Waals surface area contributed by atoms with Crippen molar-refractivity contribution in [2.24, 2.45) is 0 Å². The molecular formula is C20H15Cl2N3O3. The summed E-state index contributed by atoms with van der Waals surface area (Å²) < 4.78 is 6.58. The quantitative estimate of drug-likeness (QED) is 0.590. The monoisotopic (exact) mass is 415 g/mol. The topological polar surface area (TPSA) is 64.4 Å². The zero-order chi connectivity index (χ0) is 19.8. The highest BCUT2D eigenvalue weighted by Crippen LogP contribution is 2.38. The normalized spacial score (nSPS) is 15.6. The largest absolute Gasteiger partial charge is 0.465 e. The molecule has 3 aromatic rings. The lowest BCUT2D eigenvalue weighted by Crippen LogP contribution is -2.26. The first kappa shape index (κ1) is 18.5. The zero-order valence-electron chi connectivity index (χ0n) is 14.8. The summed E-state index contributed by atoms with van der Waals surface area (Å²) in [6.45, 7) is 0. The van der Waals surface area contributed by atoms with Gasteiger partial charge < -0.3 is 9.30 Å². The van der Waals surface area contributed by atoms with E-state index in [1.807, 2.05) is 10.6 Å². The summed E-state index contributed by atoms with van der Waals surface area (Å²) in [7, 11) is 1.33. The van der Waals surface area contributed by atoms with Crippen LogP contribution in [-0.2, 0) is 16.0 Å². The standard InChI is InChI=1S/C20H15Cl2N3O3/c1-28-19(27)13-4-2-3-12(7-13)8-17-18(26)25(20-23-5-6-24(17)20)16-10-14(21)9-15(22)11-16/h2-7,9-11,17H,8H2,1H3/t17-/m1/s1. The molecule has 0 saturated heterocycles. The Morgan fingerprint density at radius 1 is 1.18 bits per heavy atom. The number of imidazole rings is 1. The van der Waals surface area contributed by atoms with Crippen LogP contribution in [0.15, 0.2) is 54.9 Å². The summed E-state index contributed by atoms with van der Waals surface area (Å²) in [4.78, 5) is 30.8. The van der Waals surface area contributed by atoms with Crippen molar-refractivity contribution in [2.75, 3.05) is 12.0 Å². The van der Waals surface area contributed by atoms with Gasteiger partial charge in [0.2, 0.25) is 5.95 Å². The van der Waals surface area contributed by atoms with E-state index >= 15 is 0 Å². The van der Waals surface area contributed by atoms with E-state index in [9.17, 15) is 9.59 Å². The minimum atomic E-state index is -0.497. The number of anilines is 2. The SMILES string of the molecule is COC(=O)c1cccc(C[C@@H]2C(=O)N(c3cc(Cl)cc(Cl)c3)c3nccn32)c1. The van der Waals surface area contributed by atoms with Crippen molar-refractivity contribution in [2.45, 2.75) is 12.5 Å². The number of esters is 1. The summed E-state index contributed by atoms with van der Waals surface area (Å²) >= 11 is 12.2. The van der Waals surface area contributed by atoms with Gasteiger partial charge in [-0.25, -0.2) is 14.7 Å². The Balaban J connectivity index is 1.69. The van der Waals surface area contributed by atoms with Gasteiger partial charge >= 0.3 is 5.97 Å². The molecule has 0 fully saturated rings. The second-order valence-corrected chi connectivity index (χ2v) is 7.22. The molecule has 8 heteroatoms. The molecule has 2 heterocycles. The first-order valence-corrected chi connectivity index (χ1v) is 9.23. The lowest BCUT2D eigenvalue weighted by atomic mass is 10.0. The molecule has 1 aliphatic rings. The fourth-order valence-corrected chi connectivity index (χ4v) is 3.87. The molecule has 1 aliphatic heterocycles. The molecule has 6 nitrogen and oxygen atoms in total. The Labute approximate surface area is 171 Å². The van der Waals surface area contributed by atoms with Gasteiger partial charge in [0.15, 0.2) is 0 Å². The molecule has 2 aromatic carbocycles. The number of rotatable bonds is 4. The second-order valence-electron chi connectivity index (χ2n) is 6.35. The van der Waals surface area contributed by atoms with Gasteiger partial charge in [0.1, 0.15) is 6.04 Å². The van der Waals surface area contributed by atoms with Gasteiger partial charge in [-0.1, -0.05) is 35.3 Å². The van der Waals surface area contributed by atoms with Crippen LogP contribution in [0.25, 0.3) is 0 Å². The lowest BCUT2D eigenvalue weighted by molar-refractivity contribution is -0.119. The van der Waals surface area contributed by atoms with Gasteiger partial charge in [-0.15, -0.1) is 0 Å². The molecular weight excluding hydrogens is 401 g/mol. The van der Waals surface area contributed by atoms with Gasteiger partial charge in [-0.05, 0) is 35.9 Å². The van der Waals surface area contributed by atoms with Gasteiger partial charge in [-0.3, -0.25) is 4.79 Å². The Morgan fingerprint density at radius 3 is 2.64 bits per heavy atom. The van der Waals surface area contributed by atoms with Crippen LogP contribution < -0.4 is 4.90 Å². The minimum absolute atomic E-state index is 0.148. The van der Waals surface area contributed by atoms with Crippen molar-refractivity contribution in [1.29, 1.82) is 0 Å². The highest BCUT2D eigenvalue weighted by molar-refractivity contribution is 6.35. The van der Waals surface area contributed by atoms with Crippen molar-refractivity contribution >= 4 is 46.7 Å². The molecule has 1 atom stereocenters. The average molecular weight is 416 g/mol. The van der Waals surface area contributed by atoms with Crippen LogP contribution in [0.4, 0.5) is 11.6 Å². The summed E-state index contributed by atoms with van der Waals surface area (Å²) in [5, 5.41) is 0.866. The number of ether oxygens (including phenoxy) is 1. The van der Waals surface area contributed by atoms with E-state index in [2.05, 4.69) is 4.98 Å². The predicted octanol–water partition coefficient (Wildman–Crippen LogP) is 4.44. The van der Waals surface area contributed by atoms with Crippen molar-refractivity contribution in [3.8, 4) is 0 Å². The van der Waals surface area contributed by atoms with Gasteiger partial charge in [0.25, 0.3) is 5.91 Å². The van der Waals surface area contributed by atoms with Crippen LogP contribution in [0.5, 0.6) is 0 Å². The highest BCUT2D eigenvalue weighted by Gasteiger charge is 2.39. The fourth-order valence-electron chi connectivity index (χ4n) is 3.35. The van der Waals surface area contributed by atoms with Gasteiger partial charge in [0, 0.05) is 28.9 Å². The van der Waals surface area contributed by atoms with E-state index in [0.717, 1.165) is 5.56 Å². The van der Waals surface area contributed by atoms with Crippen molar-refractivity contribution in [3.05, 3.63) is 76.0 Å². The Morgan fingerprint density at radius 2 is 1.93 bits per heavy atom. The summed E-state index contributed by atoms with van der Waals surface area (Å²) in [5.74, 6) is -0.0690. The Bertz CT molecular complexity index is 1060. The van der Waals surface area contributed by atoms with Crippen LogP contribution in [0, 0.1) is 0 Å². The number of methoxy groups -OCH3 is 1. The van der Waals surface area contributed by atoms with E-state index in [0.29, 0.717) is 33.7 Å². The number of carbonyl (C=O) groups excluding carboxylic acids is 2. The van der Waals surface area contributed by atoms with Crippen LogP contribution in [0.1, 0.15) is 22.0 Å². The molecule has 4 rings (SSSR count). The first-order valence-electron chi connectivity index (χ1n) is 8.48. The number of carbonyl (C=O) groups is 2. The molecule has 1 aromatic heterocycles. The van der Waals surface area contributed by atoms with Crippen molar-refractivity contribution < 1.29 is 14.3 Å². The van der Waals surface area contributed by atoms with E-state index in [1.54, 1.807) is 48.8 Å². The molecule has 142 valence electrons. The summed E-state index contributed by atoms with van der Waals surface area (Å²) in [6, 6.07) is 11.5. The number of aromatic nitrogens is 2. The average Bonchev–Trinajstić information content (AvgIpc) is 3.22. The molecule has 0 aliphatic carbocycles. The van der Waals surface area contributed by atoms with E-state index < -0.39 is 12.0 Å². The van der Waals surface area contributed by atoms with Gasteiger partial charge in [-0.2, -0.15) is 0 Å². The van der Waals surface area contributed by atoms with E-state index in [4.69, 9.17) is 27.9 Å². The highest BCUT2D eigenvalue weighted by atomic mass is 35.5. The number of amides is 1. The number of hydrogen-bond donors (Lipinski definition) is 0. The number of nitrogens with zero attached hydrogens (tertiary/aromatic N) is 3. The van der Waals surface area contributed by atoms with Crippen LogP contribution in [-0.4, -0.2) is 28.5 Å². The van der Waals surface area contributed by atoms with Crippen LogP contribution in [0.2, 0.25) is 10.0 Å². The van der Waals surface area contributed by atoms with E-state index in [-0.39, 0.29) is 5.91 Å². The molecule has 0 bridgehead atoms. The van der Waals surface area contributed by atoms with Crippen LogP contribution in [0.3, 0.4) is 0 Å². The summed E-state index contributed by atoms with van der Waals surface area (Å²) in [5.41, 5.74) is 1.84. The number of benzene rings is 2. The Kier molecular flexibility index (Phi) is 4.83. The maximum atomic E-state index is 13.2. The Hall–Kier alpha value is -2.83. The first-order chi connectivity index (χ1) is 13.5. The van der Waals surface area contributed by atoms with Crippen molar-refractivity contribution in [1.82, 2.24) is 9.55 Å². The molecule has 0 saturated carbocycles. The maximum Gasteiger partial charge on any atom is 0.337 e. The number of halogens is 2. The molecule has 0 spiro atoms. The third kappa shape index (κ3) is 3.25.